The number of rotatable bonds is 9. The summed E-state index contributed by atoms with van der Waals surface area (Å²) < 4.78 is 30.1. The van der Waals surface area contributed by atoms with E-state index in [-0.39, 0.29) is 23.6 Å². The topological polar surface area (TPSA) is 110 Å². The minimum atomic E-state index is -3.24. The van der Waals surface area contributed by atoms with Crippen LogP contribution in [-0.4, -0.2) is 61.9 Å². The highest BCUT2D eigenvalue weighted by atomic mass is 32.2. The molecule has 0 amide bonds. The zero-order valence-corrected chi connectivity index (χ0v) is 20.8. The van der Waals surface area contributed by atoms with Gasteiger partial charge in [0.05, 0.1) is 40.8 Å². The van der Waals surface area contributed by atoms with Crippen LogP contribution in [0.2, 0.25) is 0 Å². The molecule has 0 spiro atoms. The highest BCUT2D eigenvalue weighted by Gasteiger charge is 2.46. The lowest BCUT2D eigenvalue weighted by molar-refractivity contribution is 0.203. The lowest BCUT2D eigenvalue weighted by atomic mass is 9.99. The van der Waals surface area contributed by atoms with Gasteiger partial charge in [0.25, 0.3) is 0 Å². The Kier molecular flexibility index (Phi) is 5.89. The van der Waals surface area contributed by atoms with E-state index in [4.69, 9.17) is 4.98 Å². The lowest BCUT2D eigenvalue weighted by Crippen LogP contribution is -2.53. The molecule has 0 unspecified atom stereocenters. The maximum absolute atomic E-state index is 13.7. The first-order valence-corrected chi connectivity index (χ1v) is 14.0. The minimum absolute atomic E-state index is 0.140. The van der Waals surface area contributed by atoms with Crippen LogP contribution in [0.15, 0.2) is 53.7 Å². The summed E-state index contributed by atoms with van der Waals surface area (Å²) in [4.78, 5) is 22.7. The summed E-state index contributed by atoms with van der Waals surface area (Å²) in [5, 5.41) is 11.2. The van der Waals surface area contributed by atoms with Crippen LogP contribution >= 0.6 is 0 Å². The third-order valence-electron chi connectivity index (χ3n) is 7.40. The normalized spacial score (nSPS) is 17.1. The lowest BCUT2D eigenvalue weighted by Gasteiger charge is -2.38. The summed E-state index contributed by atoms with van der Waals surface area (Å²) in [5.74, 6) is 0. The van der Waals surface area contributed by atoms with Crippen LogP contribution < -0.4 is 5.69 Å². The number of benzene rings is 1. The largest absolute Gasteiger partial charge is 0.396 e. The number of hydrogen-bond acceptors (Lipinski definition) is 6. The molecule has 36 heavy (non-hydrogen) atoms. The average Bonchev–Trinajstić information content (AvgIpc) is 3.68. The highest BCUT2D eigenvalue weighted by molar-refractivity contribution is 7.90. The molecular weight excluding hydrogens is 478 g/mol. The van der Waals surface area contributed by atoms with E-state index in [1.807, 2.05) is 30.5 Å². The molecule has 1 aliphatic heterocycles. The quantitative estimate of drug-likeness (QED) is 0.349. The summed E-state index contributed by atoms with van der Waals surface area (Å²) in [5.41, 5.74) is 3.20. The molecule has 2 aliphatic rings. The van der Waals surface area contributed by atoms with Crippen LogP contribution in [-0.2, 0) is 23.0 Å². The van der Waals surface area contributed by atoms with E-state index < -0.39 is 10.0 Å². The summed E-state index contributed by atoms with van der Waals surface area (Å²) in [7, 11) is -3.24. The van der Waals surface area contributed by atoms with Gasteiger partial charge < -0.3 is 5.11 Å². The molecule has 1 aliphatic carbocycles. The Hall–Kier alpha value is -3.08. The van der Waals surface area contributed by atoms with Crippen LogP contribution in [0.3, 0.4) is 0 Å². The zero-order valence-electron chi connectivity index (χ0n) is 20.0. The Balaban J connectivity index is 1.37. The van der Waals surface area contributed by atoms with Crippen LogP contribution in [0.25, 0.3) is 21.8 Å². The fraction of sp³-hybridized carbons (Fsp3) is 0.423. The third-order valence-corrected chi connectivity index (χ3v) is 9.73. The number of aromatic nitrogens is 4. The van der Waals surface area contributed by atoms with Crippen LogP contribution in [0.4, 0.5) is 0 Å². The minimum Gasteiger partial charge on any atom is -0.396 e. The molecule has 0 radical (unpaired) electrons. The number of aliphatic hydroxyl groups excluding tert-OH is 1. The van der Waals surface area contributed by atoms with Crippen molar-refractivity contribution in [2.75, 3.05) is 19.7 Å². The predicted molar refractivity (Wildman–Crippen MR) is 137 cm³/mol. The molecule has 0 atom stereocenters. The predicted octanol–water partition coefficient (Wildman–Crippen LogP) is 2.46. The van der Waals surface area contributed by atoms with Crippen molar-refractivity contribution in [3.63, 3.8) is 0 Å². The first kappa shape index (κ1) is 23.3. The molecule has 0 bridgehead atoms. The van der Waals surface area contributed by atoms with E-state index in [2.05, 4.69) is 11.1 Å². The number of unbranched alkanes of at least 4 members (excludes halogenated alkanes) is 1. The molecule has 1 N–H and O–H groups in total. The number of hydrogen-bond donors (Lipinski definition) is 1. The van der Waals surface area contributed by atoms with Crippen LogP contribution in [0.1, 0.15) is 43.0 Å². The van der Waals surface area contributed by atoms with Gasteiger partial charge in [-0.1, -0.05) is 24.3 Å². The first-order valence-electron chi connectivity index (χ1n) is 12.5. The van der Waals surface area contributed by atoms with Gasteiger partial charge in [-0.05, 0) is 49.1 Å². The molecule has 4 heterocycles. The molecule has 1 saturated carbocycles. The Labute approximate surface area is 209 Å². The number of fused-ring (bicyclic) bond motifs is 2. The number of aliphatic hydroxyl groups is 1. The first-order chi connectivity index (χ1) is 17.5. The molecule has 10 heteroatoms. The van der Waals surface area contributed by atoms with Crippen molar-refractivity contribution in [3.05, 3.63) is 70.7 Å². The Morgan fingerprint density at radius 2 is 1.83 bits per heavy atom. The summed E-state index contributed by atoms with van der Waals surface area (Å²) in [6, 6.07) is 9.71. The summed E-state index contributed by atoms with van der Waals surface area (Å²) in [6.45, 7) is 1.08. The molecule has 188 valence electrons. The Morgan fingerprint density at radius 1 is 1.03 bits per heavy atom. The molecule has 1 saturated heterocycles. The fourth-order valence-corrected chi connectivity index (χ4v) is 7.15. The van der Waals surface area contributed by atoms with Gasteiger partial charge in [0, 0.05) is 37.5 Å². The van der Waals surface area contributed by atoms with E-state index in [0.29, 0.717) is 31.6 Å². The van der Waals surface area contributed by atoms with Gasteiger partial charge >= 0.3 is 5.69 Å². The zero-order chi connectivity index (χ0) is 24.9. The SMILES string of the molecule is O=c1n(Cc2ncc3ccccc3c2CCCCO)c2cnccc2n1C1CN(S(=O)(=O)C2CC2)C1. The van der Waals surface area contributed by atoms with Crippen molar-refractivity contribution < 1.29 is 13.5 Å². The maximum Gasteiger partial charge on any atom is 0.329 e. The molecular formula is C26H29N5O4S. The summed E-state index contributed by atoms with van der Waals surface area (Å²) >= 11 is 0. The number of pyridine rings is 2. The Morgan fingerprint density at radius 3 is 2.61 bits per heavy atom. The summed E-state index contributed by atoms with van der Waals surface area (Å²) in [6.07, 6.45) is 8.94. The highest BCUT2D eigenvalue weighted by Crippen LogP contribution is 2.36. The van der Waals surface area contributed by atoms with Gasteiger partial charge in [-0.25, -0.2) is 13.2 Å². The maximum atomic E-state index is 13.7. The number of nitrogens with zero attached hydrogens (tertiary/aromatic N) is 5. The molecule has 2 fully saturated rings. The monoisotopic (exact) mass is 507 g/mol. The van der Waals surface area contributed by atoms with Gasteiger partial charge in [-0.15, -0.1) is 0 Å². The van der Waals surface area contributed by atoms with Crippen molar-refractivity contribution >= 4 is 31.8 Å². The van der Waals surface area contributed by atoms with Gasteiger partial charge in [-0.2, -0.15) is 4.31 Å². The van der Waals surface area contributed by atoms with Crippen molar-refractivity contribution in [1.29, 1.82) is 0 Å². The molecule has 3 aromatic heterocycles. The third kappa shape index (κ3) is 3.93. The van der Waals surface area contributed by atoms with Gasteiger partial charge in [0.15, 0.2) is 0 Å². The standard InChI is InChI=1S/C26H29N5O4S/c32-12-4-3-7-22-21-6-2-1-5-18(21)13-28-23(22)17-30-25-14-27-11-10-24(25)31(26(30)33)19-15-29(16-19)36(34,35)20-8-9-20/h1-2,5-6,10-11,13-14,19-20,32H,3-4,7-9,12,15-17H2. The van der Waals surface area contributed by atoms with E-state index in [1.165, 1.54) is 4.31 Å². The second-order valence-electron chi connectivity index (χ2n) is 9.77. The van der Waals surface area contributed by atoms with Crippen LogP contribution in [0, 0.1) is 0 Å². The van der Waals surface area contributed by atoms with E-state index in [9.17, 15) is 18.3 Å². The van der Waals surface area contributed by atoms with Crippen LogP contribution in [0.5, 0.6) is 0 Å². The van der Waals surface area contributed by atoms with E-state index in [0.717, 1.165) is 53.2 Å². The van der Waals surface area contributed by atoms with Crippen molar-refractivity contribution in [2.24, 2.45) is 0 Å². The molecule has 4 aromatic rings. The number of aryl methyl sites for hydroxylation is 1. The molecule has 9 nitrogen and oxygen atoms in total. The number of sulfonamides is 1. The second-order valence-corrected chi connectivity index (χ2v) is 12.0. The van der Waals surface area contributed by atoms with E-state index in [1.54, 1.807) is 21.5 Å². The smallest absolute Gasteiger partial charge is 0.329 e. The Bertz CT molecular complexity index is 1600. The van der Waals surface area contributed by atoms with Gasteiger partial charge in [0.1, 0.15) is 0 Å². The average molecular weight is 508 g/mol. The molecule has 1 aromatic carbocycles. The van der Waals surface area contributed by atoms with Crippen molar-refractivity contribution in [3.8, 4) is 0 Å². The van der Waals surface area contributed by atoms with Gasteiger partial charge in [-0.3, -0.25) is 19.1 Å². The fourth-order valence-electron chi connectivity index (χ4n) is 5.24. The molecule has 6 rings (SSSR count). The second kappa shape index (κ2) is 9.10. The van der Waals surface area contributed by atoms with E-state index >= 15 is 0 Å². The van der Waals surface area contributed by atoms with Crippen molar-refractivity contribution in [2.45, 2.75) is 49.9 Å². The van der Waals surface area contributed by atoms with Gasteiger partial charge in [0.2, 0.25) is 10.0 Å². The number of imidazole rings is 1. The van der Waals surface area contributed by atoms with Crippen molar-refractivity contribution in [1.82, 2.24) is 23.4 Å².